The van der Waals surface area contributed by atoms with E-state index in [-0.39, 0.29) is 5.75 Å². The largest absolute Gasteiger partial charge is 0.351 e. The number of carbonyl (C=O) groups excluding carboxylic acids is 1. The van der Waals surface area contributed by atoms with Crippen LogP contribution in [0.25, 0.3) is 0 Å². The monoisotopic (exact) mass is 238 g/mol. The van der Waals surface area contributed by atoms with Crippen LogP contribution < -0.4 is 5.73 Å². The molecule has 0 aromatic carbocycles. The van der Waals surface area contributed by atoms with Crippen molar-refractivity contribution in [1.82, 2.24) is 4.90 Å². The average molecular weight is 238 g/mol. The molecule has 6 nitrogen and oxygen atoms in total. The lowest BCUT2D eigenvalue weighted by molar-refractivity contribution is 0.217. The zero-order valence-electron chi connectivity index (χ0n) is 8.85. The molecule has 0 aromatic heterocycles. The molecular weight excluding hydrogens is 220 g/mol. The van der Waals surface area contributed by atoms with Crippen LogP contribution >= 0.6 is 0 Å². The minimum Gasteiger partial charge on any atom is -0.351 e. The molecule has 90 valence electrons. The molecule has 0 fully saturated rings. The molecule has 0 radical (unpaired) electrons. The van der Waals surface area contributed by atoms with Crippen LogP contribution in [0, 0.1) is 0 Å². The van der Waals surface area contributed by atoms with E-state index in [1.165, 1.54) is 4.90 Å². The van der Waals surface area contributed by atoms with Crippen LogP contribution in [0.2, 0.25) is 0 Å². The summed E-state index contributed by atoms with van der Waals surface area (Å²) in [6.07, 6.45) is 2.75. The Morgan fingerprint density at radius 1 is 1.27 bits per heavy atom. The van der Waals surface area contributed by atoms with Gasteiger partial charge in [-0.15, -0.1) is 0 Å². The topological polar surface area (TPSA) is 101 Å². The highest BCUT2D eigenvalue weighted by molar-refractivity contribution is 7.85. The number of nitrogens with two attached hydrogens (primary N) is 1. The number of nitrogens with zero attached hydrogens (tertiary/aromatic N) is 1. The van der Waals surface area contributed by atoms with Crippen molar-refractivity contribution < 1.29 is 17.8 Å². The van der Waals surface area contributed by atoms with Crippen LogP contribution in [-0.4, -0.2) is 43.2 Å². The van der Waals surface area contributed by atoms with Gasteiger partial charge in [-0.25, -0.2) is 4.79 Å². The Morgan fingerprint density at radius 2 is 1.80 bits per heavy atom. The Labute approximate surface area is 90.2 Å². The molecule has 0 aromatic rings. The summed E-state index contributed by atoms with van der Waals surface area (Å²) in [5, 5.41) is 0. The summed E-state index contributed by atoms with van der Waals surface area (Å²) in [6.45, 7) is 0.571. The van der Waals surface area contributed by atoms with E-state index in [2.05, 4.69) is 0 Å². The quantitative estimate of drug-likeness (QED) is 0.496. The van der Waals surface area contributed by atoms with Crippen molar-refractivity contribution in [2.75, 3.05) is 19.3 Å². The van der Waals surface area contributed by atoms with Crippen LogP contribution in [0.4, 0.5) is 4.79 Å². The molecule has 0 aliphatic rings. The summed E-state index contributed by atoms with van der Waals surface area (Å²) in [5.74, 6) is -0.196. The fraction of sp³-hybridized carbons (Fsp3) is 0.875. The van der Waals surface area contributed by atoms with Crippen molar-refractivity contribution in [1.29, 1.82) is 0 Å². The van der Waals surface area contributed by atoms with E-state index in [4.69, 9.17) is 10.3 Å². The number of primary amides is 1. The highest BCUT2D eigenvalue weighted by Gasteiger charge is 2.04. The first-order chi connectivity index (χ1) is 6.83. The summed E-state index contributed by atoms with van der Waals surface area (Å²) in [4.78, 5) is 12.0. The minimum absolute atomic E-state index is 0.196. The maximum Gasteiger partial charge on any atom is 0.314 e. The number of unbranched alkanes of at least 4 members (excludes halogenated alkanes) is 3. The number of amides is 2. The van der Waals surface area contributed by atoms with Crippen molar-refractivity contribution in [2.45, 2.75) is 25.7 Å². The Kier molecular flexibility index (Phi) is 6.26. The Balaban J connectivity index is 3.37. The predicted octanol–water partition coefficient (Wildman–Crippen LogP) is 0.445. The number of hydrogen-bond acceptors (Lipinski definition) is 3. The van der Waals surface area contributed by atoms with Crippen LogP contribution in [0.15, 0.2) is 0 Å². The van der Waals surface area contributed by atoms with Crippen LogP contribution in [-0.2, 0) is 10.1 Å². The average Bonchev–Trinajstić information content (AvgIpc) is 2.08. The number of rotatable bonds is 7. The maximum absolute atomic E-state index is 10.6. The number of urea groups is 1. The fourth-order valence-corrected chi connectivity index (χ4v) is 1.67. The van der Waals surface area contributed by atoms with Gasteiger partial charge < -0.3 is 10.6 Å². The summed E-state index contributed by atoms with van der Waals surface area (Å²) in [5.41, 5.74) is 5.01. The molecule has 0 heterocycles. The molecule has 0 aliphatic carbocycles. The van der Waals surface area contributed by atoms with Crippen LogP contribution in [0.3, 0.4) is 0 Å². The lowest BCUT2D eigenvalue weighted by Gasteiger charge is -2.13. The van der Waals surface area contributed by atoms with Crippen molar-refractivity contribution >= 4 is 16.1 Å². The normalized spacial score (nSPS) is 11.3. The van der Waals surface area contributed by atoms with E-state index in [0.29, 0.717) is 19.4 Å². The Hall–Kier alpha value is -0.820. The van der Waals surface area contributed by atoms with E-state index >= 15 is 0 Å². The first-order valence-corrected chi connectivity index (χ1v) is 6.39. The summed E-state index contributed by atoms with van der Waals surface area (Å²) >= 11 is 0. The number of carbonyl (C=O) groups is 1. The molecule has 15 heavy (non-hydrogen) atoms. The molecule has 7 heteroatoms. The van der Waals surface area contributed by atoms with Crippen molar-refractivity contribution in [3.8, 4) is 0 Å². The molecule has 2 amide bonds. The fourth-order valence-electron chi connectivity index (χ4n) is 1.10. The Morgan fingerprint density at radius 3 is 2.27 bits per heavy atom. The van der Waals surface area contributed by atoms with E-state index in [0.717, 1.165) is 12.8 Å². The van der Waals surface area contributed by atoms with Crippen molar-refractivity contribution in [3.63, 3.8) is 0 Å². The first kappa shape index (κ1) is 14.2. The molecular formula is C8H18N2O4S. The van der Waals surface area contributed by atoms with Gasteiger partial charge in [0, 0.05) is 13.6 Å². The molecule has 0 spiro atoms. The second-order valence-electron chi connectivity index (χ2n) is 3.46. The van der Waals surface area contributed by atoms with Gasteiger partial charge in [-0.2, -0.15) is 8.42 Å². The lowest BCUT2D eigenvalue weighted by Crippen LogP contribution is -2.32. The number of hydrogen-bond donors (Lipinski definition) is 2. The molecule has 0 saturated carbocycles. The maximum atomic E-state index is 10.6. The van der Waals surface area contributed by atoms with Gasteiger partial charge in [-0.3, -0.25) is 4.55 Å². The molecule has 0 saturated heterocycles. The van der Waals surface area contributed by atoms with Crippen molar-refractivity contribution in [2.24, 2.45) is 5.73 Å². The third-order valence-corrected chi connectivity index (χ3v) is 2.83. The predicted molar refractivity (Wildman–Crippen MR) is 57.1 cm³/mol. The van der Waals surface area contributed by atoms with E-state index in [1.807, 2.05) is 0 Å². The molecule has 0 unspecified atom stereocenters. The molecule has 0 rings (SSSR count). The summed E-state index contributed by atoms with van der Waals surface area (Å²) < 4.78 is 29.1. The summed E-state index contributed by atoms with van der Waals surface area (Å²) in [7, 11) is -2.21. The second-order valence-corrected chi connectivity index (χ2v) is 5.03. The van der Waals surface area contributed by atoms with E-state index in [9.17, 15) is 13.2 Å². The SMILES string of the molecule is CN(CCCCCCS(=O)(=O)O)C(N)=O. The van der Waals surface area contributed by atoms with Gasteiger partial charge in [0.05, 0.1) is 5.75 Å². The zero-order chi connectivity index (χ0) is 11.9. The second kappa shape index (κ2) is 6.62. The zero-order valence-corrected chi connectivity index (χ0v) is 9.66. The van der Waals surface area contributed by atoms with Crippen LogP contribution in [0.1, 0.15) is 25.7 Å². The van der Waals surface area contributed by atoms with Gasteiger partial charge >= 0.3 is 6.03 Å². The first-order valence-electron chi connectivity index (χ1n) is 4.78. The Bertz CT molecular complexity index is 289. The van der Waals surface area contributed by atoms with Gasteiger partial charge in [0.2, 0.25) is 0 Å². The highest BCUT2D eigenvalue weighted by Crippen LogP contribution is 2.02. The molecule has 0 aliphatic heterocycles. The smallest absolute Gasteiger partial charge is 0.314 e. The van der Waals surface area contributed by atoms with Crippen LogP contribution in [0.5, 0.6) is 0 Å². The summed E-state index contributed by atoms with van der Waals surface area (Å²) in [6, 6.07) is -0.465. The molecule has 0 bridgehead atoms. The molecule has 3 N–H and O–H groups in total. The van der Waals surface area contributed by atoms with E-state index < -0.39 is 16.1 Å². The third kappa shape index (κ3) is 9.48. The van der Waals surface area contributed by atoms with Gasteiger partial charge in [0.25, 0.3) is 10.1 Å². The minimum atomic E-state index is -3.83. The van der Waals surface area contributed by atoms with E-state index in [1.54, 1.807) is 7.05 Å². The van der Waals surface area contributed by atoms with Gasteiger partial charge in [-0.05, 0) is 12.8 Å². The van der Waals surface area contributed by atoms with Gasteiger partial charge in [-0.1, -0.05) is 12.8 Å². The lowest BCUT2D eigenvalue weighted by atomic mass is 10.2. The van der Waals surface area contributed by atoms with Crippen molar-refractivity contribution in [3.05, 3.63) is 0 Å². The standard InChI is InChI=1S/C8H18N2O4S/c1-10(8(9)11)6-4-2-3-5-7-15(12,13)14/h2-7H2,1H3,(H2,9,11)(H,12,13,14). The third-order valence-electron chi connectivity index (χ3n) is 2.02. The molecule has 0 atom stereocenters. The van der Waals surface area contributed by atoms with Gasteiger partial charge in [0.15, 0.2) is 0 Å². The van der Waals surface area contributed by atoms with Gasteiger partial charge in [0.1, 0.15) is 0 Å². The highest BCUT2D eigenvalue weighted by atomic mass is 32.2.